The molecule has 0 bridgehead atoms. The van der Waals surface area contributed by atoms with E-state index in [2.05, 4.69) is 20.4 Å². The molecule has 0 radical (unpaired) electrons. The standard InChI is InChI=1S/C4H4N4O2/c1-2-8(10-5-1)4-3-9-7-6-4/h1-3,5H. The topological polar surface area (TPSA) is 63.4 Å². The third kappa shape index (κ3) is 0.705. The normalized spacial score (nSPS) is 15.8. The summed E-state index contributed by atoms with van der Waals surface area (Å²) in [4.78, 5) is 4.81. The summed E-state index contributed by atoms with van der Waals surface area (Å²) >= 11 is 0. The SMILES string of the molecule is C1=CN(c2conn2)ON1. The van der Waals surface area contributed by atoms with E-state index in [4.69, 9.17) is 4.94 Å². The lowest BCUT2D eigenvalue weighted by atomic mass is 10.7. The molecule has 0 fully saturated rings. The predicted octanol–water partition coefficient (Wildman–Crippen LogP) is -0.203. The Bertz CT molecular complexity index is 231. The fraction of sp³-hybridized carbons (Fsp3) is 0. The minimum absolute atomic E-state index is 0.501. The highest BCUT2D eigenvalue weighted by Gasteiger charge is 2.10. The Labute approximate surface area is 56.0 Å². The van der Waals surface area contributed by atoms with Gasteiger partial charge in [0.15, 0.2) is 6.26 Å². The summed E-state index contributed by atoms with van der Waals surface area (Å²) in [6.07, 6.45) is 4.64. The molecule has 0 spiro atoms. The molecule has 1 aliphatic heterocycles. The van der Waals surface area contributed by atoms with Crippen LogP contribution in [0.15, 0.2) is 23.2 Å². The predicted molar refractivity (Wildman–Crippen MR) is 30.1 cm³/mol. The average molecular weight is 140 g/mol. The van der Waals surface area contributed by atoms with Gasteiger partial charge < -0.3 is 4.52 Å². The molecule has 2 heterocycles. The molecule has 1 aromatic rings. The van der Waals surface area contributed by atoms with E-state index in [9.17, 15) is 0 Å². The van der Waals surface area contributed by atoms with Crippen molar-refractivity contribution in [2.75, 3.05) is 5.06 Å². The van der Waals surface area contributed by atoms with Crippen molar-refractivity contribution in [2.24, 2.45) is 0 Å². The van der Waals surface area contributed by atoms with E-state index in [-0.39, 0.29) is 0 Å². The van der Waals surface area contributed by atoms with Gasteiger partial charge in [0.2, 0.25) is 5.82 Å². The van der Waals surface area contributed by atoms with Crippen molar-refractivity contribution < 1.29 is 9.46 Å². The van der Waals surface area contributed by atoms with E-state index in [0.29, 0.717) is 5.82 Å². The van der Waals surface area contributed by atoms with Crippen LogP contribution in [-0.2, 0) is 4.94 Å². The summed E-state index contributed by atoms with van der Waals surface area (Å²) in [5, 5.41) is 8.24. The number of anilines is 1. The van der Waals surface area contributed by atoms with Gasteiger partial charge in [0, 0.05) is 11.5 Å². The highest BCUT2D eigenvalue weighted by molar-refractivity contribution is 5.33. The van der Waals surface area contributed by atoms with Crippen LogP contribution in [0.25, 0.3) is 0 Å². The lowest BCUT2D eigenvalue weighted by Crippen LogP contribution is -2.16. The third-order valence-corrected chi connectivity index (χ3v) is 1.00. The van der Waals surface area contributed by atoms with Crippen molar-refractivity contribution in [3.8, 4) is 0 Å². The Morgan fingerprint density at radius 3 is 3.20 bits per heavy atom. The number of hydroxylamine groups is 2. The second-order valence-electron chi connectivity index (χ2n) is 1.61. The third-order valence-electron chi connectivity index (χ3n) is 1.00. The molecular formula is C4H4N4O2. The molecular weight excluding hydrogens is 136 g/mol. The van der Waals surface area contributed by atoms with Gasteiger partial charge in [-0.05, 0) is 0 Å². The average Bonchev–Trinajstić information content (AvgIpc) is 2.59. The van der Waals surface area contributed by atoms with Gasteiger partial charge in [-0.15, -0.1) is 4.94 Å². The summed E-state index contributed by atoms with van der Waals surface area (Å²) < 4.78 is 4.48. The van der Waals surface area contributed by atoms with Gasteiger partial charge in [-0.1, -0.05) is 5.10 Å². The Hall–Kier alpha value is -1.56. The Kier molecular flexibility index (Phi) is 1.05. The van der Waals surface area contributed by atoms with Gasteiger partial charge in [0.25, 0.3) is 0 Å². The second kappa shape index (κ2) is 1.99. The van der Waals surface area contributed by atoms with Crippen LogP contribution in [0.4, 0.5) is 5.82 Å². The van der Waals surface area contributed by atoms with E-state index in [0.717, 1.165) is 0 Å². The zero-order valence-corrected chi connectivity index (χ0v) is 4.89. The summed E-state index contributed by atoms with van der Waals surface area (Å²) in [5.41, 5.74) is 2.50. The molecule has 0 aliphatic carbocycles. The second-order valence-corrected chi connectivity index (χ2v) is 1.61. The largest absolute Gasteiger partial charge is 0.343 e. The molecule has 0 saturated carbocycles. The number of rotatable bonds is 1. The first-order valence-electron chi connectivity index (χ1n) is 2.62. The van der Waals surface area contributed by atoms with Gasteiger partial charge in [-0.2, -0.15) is 5.06 Å². The first-order valence-corrected chi connectivity index (χ1v) is 2.62. The molecule has 0 saturated heterocycles. The monoisotopic (exact) mass is 140 g/mol. The fourth-order valence-electron chi connectivity index (χ4n) is 0.595. The van der Waals surface area contributed by atoms with Crippen LogP contribution in [0, 0.1) is 0 Å². The molecule has 10 heavy (non-hydrogen) atoms. The van der Waals surface area contributed by atoms with Crippen LogP contribution >= 0.6 is 0 Å². The minimum Gasteiger partial charge on any atom is -0.343 e. The number of nitrogens with zero attached hydrogens (tertiary/aromatic N) is 3. The van der Waals surface area contributed by atoms with E-state index in [1.807, 2.05) is 0 Å². The first kappa shape index (κ1) is 5.24. The van der Waals surface area contributed by atoms with Crippen molar-refractivity contribution in [2.45, 2.75) is 0 Å². The first-order chi connectivity index (χ1) is 4.97. The van der Waals surface area contributed by atoms with Crippen molar-refractivity contribution in [1.29, 1.82) is 0 Å². The molecule has 2 rings (SSSR count). The van der Waals surface area contributed by atoms with Gasteiger partial charge in [0.1, 0.15) is 0 Å². The molecule has 0 aromatic carbocycles. The fourth-order valence-corrected chi connectivity index (χ4v) is 0.595. The maximum Gasteiger partial charge on any atom is 0.223 e. The molecule has 0 atom stereocenters. The van der Waals surface area contributed by atoms with Crippen molar-refractivity contribution in [1.82, 2.24) is 15.9 Å². The number of hydrogen-bond acceptors (Lipinski definition) is 6. The number of hydrogen-bond donors (Lipinski definition) is 1. The van der Waals surface area contributed by atoms with Gasteiger partial charge in [-0.25, -0.2) is 5.48 Å². The summed E-state index contributed by atoms with van der Waals surface area (Å²) in [7, 11) is 0. The summed E-state index contributed by atoms with van der Waals surface area (Å²) in [6, 6.07) is 0. The summed E-state index contributed by atoms with van der Waals surface area (Å²) in [5.74, 6) is 0.501. The molecule has 0 amide bonds. The van der Waals surface area contributed by atoms with Crippen LogP contribution in [0.1, 0.15) is 0 Å². The zero-order chi connectivity index (χ0) is 6.81. The number of nitrogens with one attached hydrogen (secondary N) is 1. The van der Waals surface area contributed by atoms with Crippen molar-refractivity contribution in [3.05, 3.63) is 18.7 Å². The molecule has 1 aliphatic rings. The summed E-state index contributed by atoms with van der Waals surface area (Å²) in [6.45, 7) is 0. The Morgan fingerprint density at radius 1 is 1.60 bits per heavy atom. The van der Waals surface area contributed by atoms with E-state index in [1.54, 1.807) is 12.4 Å². The Morgan fingerprint density at radius 2 is 2.60 bits per heavy atom. The van der Waals surface area contributed by atoms with Gasteiger partial charge in [0.05, 0.1) is 6.20 Å². The van der Waals surface area contributed by atoms with Crippen LogP contribution in [-0.4, -0.2) is 10.4 Å². The molecule has 0 unspecified atom stereocenters. The maximum atomic E-state index is 4.81. The van der Waals surface area contributed by atoms with E-state index >= 15 is 0 Å². The molecule has 6 nitrogen and oxygen atoms in total. The van der Waals surface area contributed by atoms with E-state index in [1.165, 1.54) is 11.3 Å². The minimum atomic E-state index is 0.501. The molecule has 1 N–H and O–H groups in total. The van der Waals surface area contributed by atoms with Crippen molar-refractivity contribution >= 4 is 5.82 Å². The smallest absolute Gasteiger partial charge is 0.223 e. The zero-order valence-electron chi connectivity index (χ0n) is 4.89. The quantitative estimate of drug-likeness (QED) is 0.582. The van der Waals surface area contributed by atoms with Gasteiger partial charge in [-0.3, -0.25) is 0 Å². The Balaban J connectivity index is 2.20. The van der Waals surface area contributed by atoms with Crippen LogP contribution in [0.2, 0.25) is 0 Å². The lowest BCUT2D eigenvalue weighted by Gasteiger charge is -2.05. The van der Waals surface area contributed by atoms with Crippen molar-refractivity contribution in [3.63, 3.8) is 0 Å². The van der Waals surface area contributed by atoms with Crippen LogP contribution < -0.4 is 10.5 Å². The molecule has 6 heteroatoms. The molecule has 52 valence electrons. The van der Waals surface area contributed by atoms with Gasteiger partial charge >= 0.3 is 0 Å². The highest BCUT2D eigenvalue weighted by Crippen LogP contribution is 2.10. The van der Waals surface area contributed by atoms with Crippen LogP contribution in [0.5, 0.6) is 0 Å². The number of aromatic nitrogens is 2. The van der Waals surface area contributed by atoms with Crippen LogP contribution in [0.3, 0.4) is 0 Å². The highest BCUT2D eigenvalue weighted by atomic mass is 16.8. The molecule has 1 aromatic heterocycles. The maximum absolute atomic E-state index is 4.81. The van der Waals surface area contributed by atoms with E-state index < -0.39 is 0 Å². The lowest BCUT2D eigenvalue weighted by molar-refractivity contribution is 0.0874.